The summed E-state index contributed by atoms with van der Waals surface area (Å²) >= 11 is 3.35. The number of rotatable bonds is 4. The van der Waals surface area contributed by atoms with Crippen molar-refractivity contribution >= 4 is 39.0 Å². The van der Waals surface area contributed by atoms with Crippen LogP contribution < -0.4 is 5.43 Å². The van der Waals surface area contributed by atoms with Crippen LogP contribution in [0.1, 0.15) is 35.8 Å². The number of carbonyl (C=O) groups is 1. The van der Waals surface area contributed by atoms with Crippen LogP contribution in [0.15, 0.2) is 64.3 Å². The summed E-state index contributed by atoms with van der Waals surface area (Å²) in [7, 11) is 0. The molecule has 5 heteroatoms. The summed E-state index contributed by atoms with van der Waals surface area (Å²) in [6.45, 7) is 4.28. The maximum Gasteiger partial charge on any atom is 0.271 e. The molecule has 0 saturated carbocycles. The molecule has 0 radical (unpaired) electrons. The lowest BCUT2D eigenvalue weighted by Gasteiger charge is -2.08. The normalized spacial score (nSPS) is 11.5. The smallest absolute Gasteiger partial charge is 0.271 e. The number of nitrogens with zero attached hydrogens (tertiary/aromatic N) is 2. The van der Waals surface area contributed by atoms with E-state index in [2.05, 4.69) is 63.2 Å². The Morgan fingerprint density at radius 1 is 1.17 bits per heavy atom. The van der Waals surface area contributed by atoms with E-state index in [1.165, 1.54) is 0 Å². The second-order valence-corrected chi connectivity index (χ2v) is 6.72. The van der Waals surface area contributed by atoms with E-state index < -0.39 is 0 Å². The zero-order valence-electron chi connectivity index (χ0n) is 13.5. The lowest BCUT2D eigenvalue weighted by atomic mass is 10.2. The number of hydrogen-bond donors (Lipinski definition) is 1. The lowest BCUT2D eigenvalue weighted by Crippen LogP contribution is -2.17. The first-order valence-electron chi connectivity index (χ1n) is 7.75. The molecule has 1 aromatic heterocycles. The second-order valence-electron chi connectivity index (χ2n) is 5.81. The van der Waals surface area contributed by atoms with Crippen LogP contribution in [-0.2, 0) is 0 Å². The zero-order chi connectivity index (χ0) is 17.1. The van der Waals surface area contributed by atoms with Crippen molar-refractivity contribution in [2.24, 2.45) is 5.10 Å². The van der Waals surface area contributed by atoms with Crippen LogP contribution >= 0.6 is 15.9 Å². The van der Waals surface area contributed by atoms with Gasteiger partial charge >= 0.3 is 0 Å². The number of carbonyl (C=O) groups excluding carboxylic acids is 1. The first kappa shape index (κ1) is 16.5. The van der Waals surface area contributed by atoms with Crippen LogP contribution in [0.25, 0.3) is 10.9 Å². The van der Waals surface area contributed by atoms with Gasteiger partial charge in [-0.3, -0.25) is 4.79 Å². The van der Waals surface area contributed by atoms with E-state index in [-0.39, 0.29) is 5.91 Å². The molecule has 4 nitrogen and oxygen atoms in total. The zero-order valence-corrected chi connectivity index (χ0v) is 15.1. The molecule has 1 N–H and O–H groups in total. The average Bonchev–Trinajstić information content (AvgIpc) is 2.95. The third kappa shape index (κ3) is 3.41. The molecule has 0 bridgehead atoms. The quantitative estimate of drug-likeness (QED) is 0.512. The summed E-state index contributed by atoms with van der Waals surface area (Å²) < 4.78 is 3.14. The van der Waals surface area contributed by atoms with Crippen molar-refractivity contribution in [2.75, 3.05) is 0 Å². The van der Waals surface area contributed by atoms with Gasteiger partial charge < -0.3 is 4.57 Å². The van der Waals surface area contributed by atoms with Crippen molar-refractivity contribution in [1.82, 2.24) is 9.99 Å². The molecule has 24 heavy (non-hydrogen) atoms. The Hall–Kier alpha value is -2.40. The highest BCUT2D eigenvalue weighted by Crippen LogP contribution is 2.23. The van der Waals surface area contributed by atoms with Crippen LogP contribution in [0.3, 0.4) is 0 Å². The predicted octanol–water partition coefficient (Wildman–Crippen LogP) is 4.75. The number of amides is 1. The minimum Gasteiger partial charge on any atom is -0.344 e. The number of halogens is 1. The SMILES string of the molecule is CC(C)n1cc(C=NNC(=O)c2ccc(Br)cc2)c2ccccc21. The highest BCUT2D eigenvalue weighted by Gasteiger charge is 2.09. The number of para-hydroxylation sites is 1. The van der Waals surface area contributed by atoms with Crippen molar-refractivity contribution in [2.45, 2.75) is 19.9 Å². The number of fused-ring (bicyclic) bond motifs is 1. The predicted molar refractivity (Wildman–Crippen MR) is 102 cm³/mol. The topological polar surface area (TPSA) is 46.4 Å². The van der Waals surface area contributed by atoms with E-state index in [0.717, 1.165) is 20.9 Å². The molecule has 0 saturated heterocycles. The molecule has 1 heterocycles. The summed E-state index contributed by atoms with van der Waals surface area (Å²) in [6, 6.07) is 15.7. The largest absolute Gasteiger partial charge is 0.344 e. The fraction of sp³-hybridized carbons (Fsp3) is 0.158. The fourth-order valence-corrected chi connectivity index (χ4v) is 2.85. The first-order chi connectivity index (χ1) is 11.6. The molecule has 2 aromatic carbocycles. The Labute approximate surface area is 149 Å². The molecule has 0 aliphatic heterocycles. The molecule has 3 rings (SSSR count). The average molecular weight is 384 g/mol. The Morgan fingerprint density at radius 3 is 2.58 bits per heavy atom. The number of benzene rings is 2. The molecule has 0 aliphatic carbocycles. The van der Waals surface area contributed by atoms with E-state index in [1.54, 1.807) is 18.3 Å². The molecule has 122 valence electrons. The van der Waals surface area contributed by atoms with Gasteiger partial charge in [0.15, 0.2) is 0 Å². The Morgan fingerprint density at radius 2 is 1.88 bits per heavy atom. The number of aromatic nitrogens is 1. The monoisotopic (exact) mass is 383 g/mol. The molecular weight excluding hydrogens is 366 g/mol. The third-order valence-electron chi connectivity index (χ3n) is 3.80. The highest BCUT2D eigenvalue weighted by atomic mass is 79.9. The van der Waals surface area contributed by atoms with Gasteiger partial charge in [0, 0.05) is 38.7 Å². The molecule has 0 spiro atoms. The van der Waals surface area contributed by atoms with Crippen LogP contribution in [0.4, 0.5) is 0 Å². The fourth-order valence-electron chi connectivity index (χ4n) is 2.59. The van der Waals surface area contributed by atoms with Crippen molar-refractivity contribution < 1.29 is 4.79 Å². The molecule has 3 aromatic rings. The van der Waals surface area contributed by atoms with E-state index in [1.807, 2.05) is 24.3 Å². The molecule has 0 aliphatic rings. The van der Waals surface area contributed by atoms with Crippen LogP contribution in [-0.4, -0.2) is 16.7 Å². The number of hydrogen-bond acceptors (Lipinski definition) is 2. The van der Waals surface area contributed by atoms with Crippen LogP contribution in [0.5, 0.6) is 0 Å². The van der Waals surface area contributed by atoms with Gasteiger partial charge in [-0.25, -0.2) is 5.43 Å². The maximum atomic E-state index is 12.1. The number of nitrogens with one attached hydrogen (secondary N) is 1. The number of hydrazone groups is 1. The first-order valence-corrected chi connectivity index (χ1v) is 8.54. The van der Waals surface area contributed by atoms with Gasteiger partial charge in [-0.2, -0.15) is 5.10 Å². The Kier molecular flexibility index (Phi) is 4.81. The summed E-state index contributed by atoms with van der Waals surface area (Å²) in [4.78, 5) is 12.1. The molecule has 1 amide bonds. The maximum absolute atomic E-state index is 12.1. The van der Waals surface area contributed by atoms with E-state index >= 15 is 0 Å². The summed E-state index contributed by atoms with van der Waals surface area (Å²) in [5, 5.41) is 5.23. The van der Waals surface area contributed by atoms with Gasteiger partial charge in [-0.1, -0.05) is 34.1 Å². The minimum atomic E-state index is -0.230. The van der Waals surface area contributed by atoms with Crippen molar-refractivity contribution in [3.63, 3.8) is 0 Å². The molecule has 0 atom stereocenters. The summed E-state index contributed by atoms with van der Waals surface area (Å²) in [5.41, 5.74) is 5.29. The van der Waals surface area contributed by atoms with Crippen LogP contribution in [0.2, 0.25) is 0 Å². The van der Waals surface area contributed by atoms with Gasteiger partial charge in [-0.15, -0.1) is 0 Å². The van der Waals surface area contributed by atoms with Gasteiger partial charge in [0.05, 0.1) is 6.21 Å². The van der Waals surface area contributed by atoms with Crippen molar-refractivity contribution in [1.29, 1.82) is 0 Å². The van der Waals surface area contributed by atoms with Crippen molar-refractivity contribution in [3.05, 3.63) is 70.3 Å². The molecular formula is C19H18BrN3O. The Bertz CT molecular complexity index is 895. The highest BCUT2D eigenvalue weighted by molar-refractivity contribution is 9.10. The third-order valence-corrected chi connectivity index (χ3v) is 4.33. The lowest BCUT2D eigenvalue weighted by molar-refractivity contribution is 0.0955. The summed E-state index contributed by atoms with van der Waals surface area (Å²) in [6.07, 6.45) is 3.75. The molecule has 0 fully saturated rings. The summed E-state index contributed by atoms with van der Waals surface area (Å²) in [5.74, 6) is -0.230. The Balaban J connectivity index is 1.81. The van der Waals surface area contributed by atoms with E-state index in [9.17, 15) is 4.79 Å². The van der Waals surface area contributed by atoms with E-state index in [4.69, 9.17) is 0 Å². The molecule has 0 unspecified atom stereocenters. The standard InChI is InChI=1S/C19H18BrN3O/c1-13(2)23-12-15(17-5-3-4-6-18(17)23)11-21-22-19(24)14-7-9-16(20)10-8-14/h3-13H,1-2H3,(H,22,24). The van der Waals surface area contributed by atoms with Gasteiger partial charge in [-0.05, 0) is 44.2 Å². The van der Waals surface area contributed by atoms with Crippen molar-refractivity contribution in [3.8, 4) is 0 Å². The van der Waals surface area contributed by atoms with Gasteiger partial charge in [0.1, 0.15) is 0 Å². The van der Waals surface area contributed by atoms with Gasteiger partial charge in [0.2, 0.25) is 0 Å². The van der Waals surface area contributed by atoms with Crippen LogP contribution in [0, 0.1) is 0 Å². The second kappa shape index (κ2) is 7.01. The minimum absolute atomic E-state index is 0.230. The van der Waals surface area contributed by atoms with E-state index in [0.29, 0.717) is 11.6 Å². The van der Waals surface area contributed by atoms with Gasteiger partial charge in [0.25, 0.3) is 5.91 Å².